The molecule has 0 amide bonds. The molecule has 0 saturated carbocycles. The summed E-state index contributed by atoms with van der Waals surface area (Å²) in [6.07, 6.45) is -0.465. The van der Waals surface area contributed by atoms with Crippen LogP contribution in [0.4, 0.5) is 0 Å². The maximum absolute atomic E-state index is 9.47. The van der Waals surface area contributed by atoms with Crippen LogP contribution in [-0.2, 0) is 0 Å². The van der Waals surface area contributed by atoms with Crippen molar-refractivity contribution in [2.45, 2.75) is 19.1 Å². The van der Waals surface area contributed by atoms with Crippen LogP contribution in [-0.4, -0.2) is 18.4 Å². The predicted octanol–water partition coefficient (Wildman–Crippen LogP) is 1.33. The Morgan fingerprint density at radius 2 is 1.83 bits per heavy atom. The van der Waals surface area contributed by atoms with Crippen LogP contribution in [0.5, 0.6) is 0 Å². The van der Waals surface area contributed by atoms with E-state index in [0.717, 1.165) is 5.56 Å². The summed E-state index contributed by atoms with van der Waals surface area (Å²) >= 11 is 0. The second-order valence-corrected chi connectivity index (χ2v) is 2.93. The Morgan fingerprint density at radius 3 is 2.33 bits per heavy atom. The van der Waals surface area contributed by atoms with Crippen molar-refractivity contribution >= 4 is 0 Å². The van der Waals surface area contributed by atoms with E-state index in [1.807, 2.05) is 37.3 Å². The number of hydrogen-bond acceptors (Lipinski definition) is 2. The maximum Gasteiger partial charge on any atom is 0.111 e. The summed E-state index contributed by atoms with van der Waals surface area (Å²) in [5, 5.41) is 12.3. The largest absolute Gasteiger partial charge is 0.378 e. The van der Waals surface area contributed by atoms with E-state index in [0.29, 0.717) is 0 Å². The maximum atomic E-state index is 9.47. The summed E-state index contributed by atoms with van der Waals surface area (Å²) in [7, 11) is 1.75. The number of nitrogens with one attached hydrogen (secondary N) is 1. The SMILES string of the molecule is CN[C@@H](O)[C@H](C)c1ccccc1. The lowest BCUT2D eigenvalue weighted by molar-refractivity contribution is 0.122. The molecule has 2 heteroatoms. The number of benzene rings is 1. The molecule has 0 aliphatic heterocycles. The highest BCUT2D eigenvalue weighted by Gasteiger charge is 2.12. The fraction of sp³-hybridized carbons (Fsp3) is 0.400. The van der Waals surface area contributed by atoms with Gasteiger partial charge in [-0.15, -0.1) is 0 Å². The van der Waals surface area contributed by atoms with E-state index in [2.05, 4.69) is 5.32 Å². The van der Waals surface area contributed by atoms with E-state index >= 15 is 0 Å². The molecule has 0 aliphatic rings. The number of likely N-dealkylation sites (N-methyl/N-ethyl adjacent to an activating group) is 1. The van der Waals surface area contributed by atoms with Crippen molar-refractivity contribution in [3.8, 4) is 0 Å². The standard InChI is InChI=1S/C10H15NO/c1-8(10(12)11-2)9-6-4-3-5-7-9/h3-8,10-12H,1-2H3/t8-,10+/m1/s1. The molecule has 0 bridgehead atoms. The smallest absolute Gasteiger partial charge is 0.111 e. The van der Waals surface area contributed by atoms with Gasteiger partial charge in [0.05, 0.1) is 0 Å². The first-order valence-electron chi connectivity index (χ1n) is 4.16. The van der Waals surface area contributed by atoms with Crippen LogP contribution in [0.15, 0.2) is 30.3 Å². The Bertz CT molecular complexity index is 223. The first-order chi connectivity index (χ1) is 5.75. The van der Waals surface area contributed by atoms with Gasteiger partial charge in [-0.2, -0.15) is 0 Å². The van der Waals surface area contributed by atoms with Gasteiger partial charge in [-0.05, 0) is 12.6 Å². The van der Waals surface area contributed by atoms with Crippen LogP contribution in [0.3, 0.4) is 0 Å². The highest BCUT2D eigenvalue weighted by Crippen LogP contribution is 2.16. The summed E-state index contributed by atoms with van der Waals surface area (Å²) in [4.78, 5) is 0. The predicted molar refractivity (Wildman–Crippen MR) is 49.9 cm³/mol. The van der Waals surface area contributed by atoms with E-state index < -0.39 is 6.23 Å². The van der Waals surface area contributed by atoms with Gasteiger partial charge in [0.25, 0.3) is 0 Å². The van der Waals surface area contributed by atoms with Crippen molar-refractivity contribution in [1.82, 2.24) is 5.32 Å². The fourth-order valence-electron chi connectivity index (χ4n) is 1.19. The van der Waals surface area contributed by atoms with Gasteiger partial charge in [-0.1, -0.05) is 37.3 Å². The van der Waals surface area contributed by atoms with Crippen molar-refractivity contribution in [1.29, 1.82) is 0 Å². The average Bonchev–Trinajstić information content (AvgIpc) is 2.17. The molecule has 2 atom stereocenters. The van der Waals surface area contributed by atoms with Crippen molar-refractivity contribution < 1.29 is 5.11 Å². The van der Waals surface area contributed by atoms with Gasteiger partial charge in [0.15, 0.2) is 0 Å². The zero-order valence-electron chi connectivity index (χ0n) is 7.49. The van der Waals surface area contributed by atoms with Gasteiger partial charge in [0, 0.05) is 5.92 Å². The number of rotatable bonds is 3. The molecule has 1 aromatic carbocycles. The molecule has 0 heterocycles. The fourth-order valence-corrected chi connectivity index (χ4v) is 1.19. The van der Waals surface area contributed by atoms with Crippen LogP contribution < -0.4 is 5.32 Å². The van der Waals surface area contributed by atoms with Crippen LogP contribution in [0.1, 0.15) is 18.4 Å². The first kappa shape index (κ1) is 9.23. The molecular weight excluding hydrogens is 150 g/mol. The number of hydrogen-bond donors (Lipinski definition) is 2. The van der Waals surface area contributed by atoms with Gasteiger partial charge >= 0.3 is 0 Å². The Hall–Kier alpha value is -0.860. The third kappa shape index (κ3) is 2.06. The topological polar surface area (TPSA) is 32.3 Å². The van der Waals surface area contributed by atoms with E-state index in [-0.39, 0.29) is 5.92 Å². The first-order valence-corrected chi connectivity index (χ1v) is 4.16. The van der Waals surface area contributed by atoms with Gasteiger partial charge in [0.2, 0.25) is 0 Å². The molecular formula is C10H15NO. The normalized spacial score (nSPS) is 15.6. The molecule has 12 heavy (non-hydrogen) atoms. The van der Waals surface area contributed by atoms with Crippen LogP contribution in [0, 0.1) is 0 Å². The molecule has 0 aromatic heterocycles. The van der Waals surface area contributed by atoms with E-state index in [1.54, 1.807) is 7.05 Å². The highest BCUT2D eigenvalue weighted by atomic mass is 16.3. The molecule has 0 unspecified atom stereocenters. The molecule has 0 saturated heterocycles. The number of aliphatic hydroxyl groups excluding tert-OH is 1. The zero-order chi connectivity index (χ0) is 8.97. The minimum absolute atomic E-state index is 0.135. The average molecular weight is 165 g/mol. The number of aliphatic hydroxyl groups is 1. The van der Waals surface area contributed by atoms with Crippen molar-refractivity contribution in [3.05, 3.63) is 35.9 Å². The molecule has 0 radical (unpaired) electrons. The monoisotopic (exact) mass is 165 g/mol. The van der Waals surface area contributed by atoms with Crippen molar-refractivity contribution in [2.75, 3.05) is 7.05 Å². The Balaban J connectivity index is 2.71. The Labute approximate surface area is 73.2 Å². The second-order valence-electron chi connectivity index (χ2n) is 2.93. The molecule has 1 aromatic rings. The van der Waals surface area contributed by atoms with E-state index in [1.165, 1.54) is 0 Å². The van der Waals surface area contributed by atoms with Gasteiger partial charge in [0.1, 0.15) is 6.23 Å². The van der Waals surface area contributed by atoms with E-state index in [9.17, 15) is 5.11 Å². The van der Waals surface area contributed by atoms with Crippen molar-refractivity contribution in [2.24, 2.45) is 0 Å². The minimum Gasteiger partial charge on any atom is -0.378 e. The third-order valence-corrected chi connectivity index (χ3v) is 2.09. The Morgan fingerprint density at radius 1 is 1.25 bits per heavy atom. The lowest BCUT2D eigenvalue weighted by atomic mass is 10.00. The second kappa shape index (κ2) is 4.24. The molecule has 0 fully saturated rings. The minimum atomic E-state index is -0.465. The van der Waals surface area contributed by atoms with Gasteiger partial charge < -0.3 is 5.11 Å². The van der Waals surface area contributed by atoms with Gasteiger partial charge in [-0.25, -0.2) is 0 Å². The summed E-state index contributed by atoms with van der Waals surface area (Å²) < 4.78 is 0. The summed E-state index contributed by atoms with van der Waals surface area (Å²) in [6, 6.07) is 9.97. The van der Waals surface area contributed by atoms with Gasteiger partial charge in [-0.3, -0.25) is 5.32 Å². The summed E-state index contributed by atoms with van der Waals surface area (Å²) in [5.74, 6) is 0.135. The quantitative estimate of drug-likeness (QED) is 0.662. The highest BCUT2D eigenvalue weighted by molar-refractivity contribution is 5.19. The van der Waals surface area contributed by atoms with Crippen LogP contribution in [0.2, 0.25) is 0 Å². The molecule has 0 aliphatic carbocycles. The zero-order valence-corrected chi connectivity index (χ0v) is 7.49. The lowest BCUT2D eigenvalue weighted by Gasteiger charge is -2.17. The molecule has 2 nitrogen and oxygen atoms in total. The van der Waals surface area contributed by atoms with Crippen LogP contribution >= 0.6 is 0 Å². The van der Waals surface area contributed by atoms with Crippen LogP contribution in [0.25, 0.3) is 0 Å². The Kier molecular flexibility index (Phi) is 3.26. The molecule has 66 valence electrons. The molecule has 2 N–H and O–H groups in total. The molecule has 0 spiro atoms. The summed E-state index contributed by atoms with van der Waals surface area (Å²) in [6.45, 7) is 2.00. The lowest BCUT2D eigenvalue weighted by Crippen LogP contribution is -2.29. The molecule has 1 rings (SSSR count). The third-order valence-electron chi connectivity index (χ3n) is 2.09. The van der Waals surface area contributed by atoms with E-state index in [4.69, 9.17) is 0 Å². The summed E-state index contributed by atoms with van der Waals surface area (Å²) in [5.41, 5.74) is 1.15. The van der Waals surface area contributed by atoms with Crippen molar-refractivity contribution in [3.63, 3.8) is 0 Å².